The molecule has 0 radical (unpaired) electrons. The Hall–Kier alpha value is -1.12. The van der Waals surface area contributed by atoms with E-state index in [1.807, 2.05) is 31.2 Å². The maximum atomic E-state index is 8.88. The molecule has 1 aromatic carbocycles. The average molecular weight is 192 g/mol. The second kappa shape index (κ2) is 5.58. The molecule has 0 saturated heterocycles. The molecular formula is C12H16O2. The third kappa shape index (κ3) is 3.32. The Morgan fingerprint density at radius 1 is 1.50 bits per heavy atom. The summed E-state index contributed by atoms with van der Waals surface area (Å²) in [4.78, 5) is 0. The van der Waals surface area contributed by atoms with Crippen LogP contribution in [0, 0.1) is 0 Å². The van der Waals surface area contributed by atoms with Gasteiger partial charge in [-0.25, -0.2) is 0 Å². The van der Waals surface area contributed by atoms with Crippen molar-refractivity contribution in [2.45, 2.75) is 13.5 Å². The van der Waals surface area contributed by atoms with Gasteiger partial charge in [-0.05, 0) is 29.7 Å². The fourth-order valence-electron chi connectivity index (χ4n) is 1.27. The number of aliphatic hydroxyl groups excluding tert-OH is 1. The van der Waals surface area contributed by atoms with Crippen LogP contribution in [0.25, 0.3) is 6.08 Å². The monoisotopic (exact) mass is 192 g/mol. The number of ether oxygens (including phenoxy) is 1. The van der Waals surface area contributed by atoms with Gasteiger partial charge in [0.15, 0.2) is 0 Å². The molecule has 0 aliphatic rings. The van der Waals surface area contributed by atoms with Crippen LogP contribution < -0.4 is 0 Å². The predicted octanol–water partition coefficient (Wildman–Crippen LogP) is 2.23. The molecule has 0 aliphatic heterocycles. The standard InChI is InChI=1S/C12H16O2/c1-10(8-13)6-11-4-3-5-12(7-11)9-14-2/h3-7,13H,8-9H2,1-2H3. The molecule has 1 N–H and O–H groups in total. The van der Waals surface area contributed by atoms with Gasteiger partial charge in [0.25, 0.3) is 0 Å². The Labute approximate surface area is 84.8 Å². The summed E-state index contributed by atoms with van der Waals surface area (Å²) >= 11 is 0. The number of hydrogen-bond acceptors (Lipinski definition) is 2. The van der Waals surface area contributed by atoms with E-state index in [1.165, 1.54) is 0 Å². The van der Waals surface area contributed by atoms with E-state index in [1.54, 1.807) is 7.11 Å². The summed E-state index contributed by atoms with van der Waals surface area (Å²) in [6, 6.07) is 8.08. The smallest absolute Gasteiger partial charge is 0.0713 e. The Morgan fingerprint density at radius 3 is 2.93 bits per heavy atom. The van der Waals surface area contributed by atoms with Crippen molar-refractivity contribution < 1.29 is 9.84 Å². The molecule has 2 heteroatoms. The molecule has 14 heavy (non-hydrogen) atoms. The molecule has 76 valence electrons. The first-order chi connectivity index (χ1) is 6.76. The fourth-order valence-corrected chi connectivity index (χ4v) is 1.27. The van der Waals surface area contributed by atoms with Gasteiger partial charge < -0.3 is 9.84 Å². The highest BCUT2D eigenvalue weighted by molar-refractivity contribution is 5.53. The average Bonchev–Trinajstić information content (AvgIpc) is 2.19. The van der Waals surface area contributed by atoms with Crippen molar-refractivity contribution >= 4 is 6.08 Å². The van der Waals surface area contributed by atoms with Gasteiger partial charge in [0, 0.05) is 7.11 Å². The molecule has 0 saturated carbocycles. The molecule has 0 unspecified atom stereocenters. The predicted molar refractivity (Wildman–Crippen MR) is 57.9 cm³/mol. The number of rotatable bonds is 4. The van der Waals surface area contributed by atoms with Gasteiger partial charge in [-0.3, -0.25) is 0 Å². The van der Waals surface area contributed by atoms with Crippen LogP contribution in [0.4, 0.5) is 0 Å². The molecule has 0 heterocycles. The van der Waals surface area contributed by atoms with Crippen molar-refractivity contribution in [3.8, 4) is 0 Å². The molecular weight excluding hydrogens is 176 g/mol. The molecule has 0 atom stereocenters. The van der Waals surface area contributed by atoms with Crippen molar-refractivity contribution in [2.24, 2.45) is 0 Å². The van der Waals surface area contributed by atoms with Crippen LogP contribution in [0.2, 0.25) is 0 Å². The molecule has 0 spiro atoms. The molecule has 0 aliphatic carbocycles. The van der Waals surface area contributed by atoms with Gasteiger partial charge in [-0.15, -0.1) is 0 Å². The third-order valence-corrected chi connectivity index (χ3v) is 1.92. The van der Waals surface area contributed by atoms with Crippen LogP contribution in [0.5, 0.6) is 0 Å². The SMILES string of the molecule is COCc1cccc(C=C(C)CO)c1. The van der Waals surface area contributed by atoms with Crippen molar-refractivity contribution in [2.75, 3.05) is 13.7 Å². The summed E-state index contributed by atoms with van der Waals surface area (Å²) in [5, 5.41) is 8.88. The number of aliphatic hydroxyl groups is 1. The Morgan fingerprint density at radius 2 is 2.29 bits per heavy atom. The molecule has 1 rings (SSSR count). The van der Waals surface area contributed by atoms with Crippen LogP contribution in [-0.4, -0.2) is 18.8 Å². The number of methoxy groups -OCH3 is 1. The zero-order chi connectivity index (χ0) is 10.4. The normalized spacial score (nSPS) is 11.8. The maximum absolute atomic E-state index is 8.88. The fraction of sp³-hybridized carbons (Fsp3) is 0.333. The van der Waals surface area contributed by atoms with Gasteiger partial charge in [0.1, 0.15) is 0 Å². The molecule has 1 aromatic rings. The van der Waals surface area contributed by atoms with Crippen LogP contribution in [0.15, 0.2) is 29.8 Å². The van der Waals surface area contributed by atoms with Gasteiger partial charge >= 0.3 is 0 Å². The highest BCUT2D eigenvalue weighted by Gasteiger charge is 1.93. The van der Waals surface area contributed by atoms with E-state index in [-0.39, 0.29) is 6.61 Å². The molecule has 0 aromatic heterocycles. The van der Waals surface area contributed by atoms with Crippen molar-refractivity contribution in [3.63, 3.8) is 0 Å². The maximum Gasteiger partial charge on any atom is 0.0713 e. The summed E-state index contributed by atoms with van der Waals surface area (Å²) in [6.45, 7) is 2.64. The molecule has 0 amide bonds. The lowest BCUT2D eigenvalue weighted by molar-refractivity contribution is 0.185. The van der Waals surface area contributed by atoms with Crippen LogP contribution in [0.1, 0.15) is 18.1 Å². The lowest BCUT2D eigenvalue weighted by Crippen LogP contribution is -1.88. The minimum absolute atomic E-state index is 0.106. The van der Waals surface area contributed by atoms with Crippen LogP contribution in [0.3, 0.4) is 0 Å². The minimum Gasteiger partial charge on any atom is -0.392 e. The van der Waals surface area contributed by atoms with Crippen molar-refractivity contribution in [3.05, 3.63) is 41.0 Å². The summed E-state index contributed by atoms with van der Waals surface area (Å²) in [5.74, 6) is 0. The van der Waals surface area contributed by atoms with Gasteiger partial charge in [-0.1, -0.05) is 24.3 Å². The largest absolute Gasteiger partial charge is 0.392 e. The first-order valence-electron chi connectivity index (χ1n) is 4.62. The van der Waals surface area contributed by atoms with E-state index in [2.05, 4.69) is 6.07 Å². The van der Waals surface area contributed by atoms with E-state index < -0.39 is 0 Å². The van der Waals surface area contributed by atoms with Gasteiger partial charge in [0.05, 0.1) is 13.2 Å². The third-order valence-electron chi connectivity index (χ3n) is 1.92. The molecule has 0 fully saturated rings. The van der Waals surface area contributed by atoms with Gasteiger partial charge in [-0.2, -0.15) is 0 Å². The molecule has 2 nitrogen and oxygen atoms in total. The second-order valence-electron chi connectivity index (χ2n) is 3.33. The number of benzene rings is 1. The number of hydrogen-bond donors (Lipinski definition) is 1. The van der Waals surface area contributed by atoms with E-state index in [0.717, 1.165) is 16.7 Å². The van der Waals surface area contributed by atoms with E-state index in [0.29, 0.717) is 6.61 Å². The van der Waals surface area contributed by atoms with Crippen LogP contribution in [-0.2, 0) is 11.3 Å². The van der Waals surface area contributed by atoms with Gasteiger partial charge in [0.2, 0.25) is 0 Å². The summed E-state index contributed by atoms with van der Waals surface area (Å²) in [7, 11) is 1.68. The summed E-state index contributed by atoms with van der Waals surface area (Å²) < 4.78 is 5.04. The van der Waals surface area contributed by atoms with Crippen molar-refractivity contribution in [1.29, 1.82) is 0 Å². The topological polar surface area (TPSA) is 29.5 Å². The van der Waals surface area contributed by atoms with Crippen molar-refractivity contribution in [1.82, 2.24) is 0 Å². The first kappa shape index (κ1) is 11.0. The van der Waals surface area contributed by atoms with E-state index >= 15 is 0 Å². The minimum atomic E-state index is 0.106. The highest BCUT2D eigenvalue weighted by atomic mass is 16.5. The molecule has 0 bridgehead atoms. The Kier molecular flexibility index (Phi) is 4.36. The van der Waals surface area contributed by atoms with E-state index in [4.69, 9.17) is 9.84 Å². The first-order valence-corrected chi connectivity index (χ1v) is 4.62. The summed E-state index contributed by atoms with van der Waals surface area (Å²) in [6.07, 6.45) is 1.97. The summed E-state index contributed by atoms with van der Waals surface area (Å²) in [5.41, 5.74) is 3.21. The Bertz CT molecular complexity index is 316. The lowest BCUT2D eigenvalue weighted by Gasteiger charge is -2.01. The highest BCUT2D eigenvalue weighted by Crippen LogP contribution is 2.10. The zero-order valence-electron chi connectivity index (χ0n) is 8.66. The lowest BCUT2D eigenvalue weighted by atomic mass is 10.1. The quantitative estimate of drug-likeness (QED) is 0.792. The van der Waals surface area contributed by atoms with Crippen LogP contribution >= 0.6 is 0 Å². The second-order valence-corrected chi connectivity index (χ2v) is 3.33. The van der Waals surface area contributed by atoms with E-state index in [9.17, 15) is 0 Å². The Balaban J connectivity index is 2.83. The zero-order valence-corrected chi connectivity index (χ0v) is 8.66.